The highest BCUT2D eigenvalue weighted by atomic mass is 32.2. The van der Waals surface area contributed by atoms with Crippen molar-refractivity contribution in [3.8, 4) is 0 Å². The molecule has 0 aliphatic carbocycles. The van der Waals surface area contributed by atoms with Gasteiger partial charge in [0.05, 0.1) is 5.75 Å². The van der Waals surface area contributed by atoms with E-state index in [1.54, 1.807) is 0 Å². The second kappa shape index (κ2) is 8.47. The number of benzene rings is 2. The zero-order valence-electron chi connectivity index (χ0n) is 14.7. The number of rotatable bonds is 8. The van der Waals surface area contributed by atoms with Gasteiger partial charge in [-0.25, -0.2) is 8.42 Å². The molecule has 0 unspecified atom stereocenters. The standard InChI is InChI=1S/C20H24N2O3S/c23-20(22-12-17-8-9-18-13-21-14-19(18)11-17)15-26(24,25)10-4-7-16-5-2-1-3-6-16/h1-3,5-6,8-9,11,21H,4,7,10,12-15H2,(H,22,23). The first-order valence-electron chi connectivity index (χ1n) is 8.84. The molecule has 2 aromatic carbocycles. The zero-order valence-corrected chi connectivity index (χ0v) is 15.5. The smallest absolute Gasteiger partial charge is 0.235 e. The summed E-state index contributed by atoms with van der Waals surface area (Å²) in [6.45, 7) is 2.07. The van der Waals surface area contributed by atoms with Gasteiger partial charge < -0.3 is 10.6 Å². The molecule has 0 radical (unpaired) electrons. The molecule has 138 valence electrons. The van der Waals surface area contributed by atoms with Gasteiger partial charge in [0.1, 0.15) is 5.75 Å². The van der Waals surface area contributed by atoms with Crippen molar-refractivity contribution in [2.45, 2.75) is 32.5 Å². The molecule has 0 saturated carbocycles. The third-order valence-corrected chi connectivity index (χ3v) is 6.12. The van der Waals surface area contributed by atoms with Crippen molar-refractivity contribution in [3.05, 3.63) is 70.8 Å². The fraction of sp³-hybridized carbons (Fsp3) is 0.350. The molecule has 0 bridgehead atoms. The summed E-state index contributed by atoms with van der Waals surface area (Å²) in [6.07, 6.45) is 1.22. The monoisotopic (exact) mass is 372 g/mol. The van der Waals surface area contributed by atoms with Crippen LogP contribution in [0.15, 0.2) is 48.5 Å². The Labute approximate surface area is 154 Å². The maximum Gasteiger partial charge on any atom is 0.235 e. The van der Waals surface area contributed by atoms with Gasteiger partial charge in [0.2, 0.25) is 5.91 Å². The van der Waals surface area contributed by atoms with E-state index >= 15 is 0 Å². The molecule has 2 aromatic rings. The summed E-state index contributed by atoms with van der Waals surface area (Å²) in [7, 11) is -3.39. The Hall–Kier alpha value is -2.18. The zero-order chi connectivity index (χ0) is 18.4. The molecule has 1 aliphatic rings. The third kappa shape index (κ3) is 5.41. The molecule has 1 amide bonds. The molecule has 26 heavy (non-hydrogen) atoms. The molecule has 0 atom stereocenters. The Balaban J connectivity index is 1.43. The van der Waals surface area contributed by atoms with E-state index < -0.39 is 21.5 Å². The lowest BCUT2D eigenvalue weighted by atomic mass is 10.1. The van der Waals surface area contributed by atoms with E-state index in [-0.39, 0.29) is 5.75 Å². The number of aryl methyl sites for hydroxylation is 1. The van der Waals surface area contributed by atoms with E-state index in [1.165, 1.54) is 11.1 Å². The number of hydrogen-bond donors (Lipinski definition) is 2. The number of fused-ring (bicyclic) bond motifs is 1. The average Bonchev–Trinajstić information content (AvgIpc) is 3.08. The van der Waals surface area contributed by atoms with Gasteiger partial charge in [-0.3, -0.25) is 4.79 Å². The Morgan fingerprint density at radius 1 is 1.00 bits per heavy atom. The average molecular weight is 372 g/mol. The predicted molar refractivity (Wildman–Crippen MR) is 102 cm³/mol. The van der Waals surface area contributed by atoms with E-state index in [0.29, 0.717) is 19.4 Å². The minimum atomic E-state index is -3.39. The molecule has 1 heterocycles. The van der Waals surface area contributed by atoms with Gasteiger partial charge in [0.15, 0.2) is 9.84 Å². The minimum Gasteiger partial charge on any atom is -0.351 e. The summed E-state index contributed by atoms with van der Waals surface area (Å²) in [5.74, 6) is -0.864. The summed E-state index contributed by atoms with van der Waals surface area (Å²) < 4.78 is 24.3. The quantitative estimate of drug-likeness (QED) is 0.743. The van der Waals surface area contributed by atoms with Crippen molar-refractivity contribution in [1.29, 1.82) is 0 Å². The Kier molecular flexibility index (Phi) is 6.06. The van der Waals surface area contributed by atoms with E-state index in [9.17, 15) is 13.2 Å². The van der Waals surface area contributed by atoms with Crippen LogP contribution in [0.4, 0.5) is 0 Å². The molecule has 6 heteroatoms. The van der Waals surface area contributed by atoms with Crippen molar-refractivity contribution in [1.82, 2.24) is 10.6 Å². The van der Waals surface area contributed by atoms with Crippen LogP contribution in [0.5, 0.6) is 0 Å². The summed E-state index contributed by atoms with van der Waals surface area (Å²) >= 11 is 0. The van der Waals surface area contributed by atoms with Crippen LogP contribution in [0, 0.1) is 0 Å². The number of nitrogens with one attached hydrogen (secondary N) is 2. The topological polar surface area (TPSA) is 75.3 Å². The van der Waals surface area contributed by atoms with Crippen LogP contribution >= 0.6 is 0 Å². The molecule has 1 aliphatic heterocycles. The van der Waals surface area contributed by atoms with Crippen molar-refractivity contribution in [2.24, 2.45) is 0 Å². The van der Waals surface area contributed by atoms with E-state index in [1.807, 2.05) is 36.4 Å². The van der Waals surface area contributed by atoms with Crippen molar-refractivity contribution in [2.75, 3.05) is 11.5 Å². The maximum atomic E-state index is 12.1. The van der Waals surface area contributed by atoms with Gasteiger partial charge in [-0.2, -0.15) is 0 Å². The molecule has 0 aromatic heterocycles. The predicted octanol–water partition coefficient (Wildman–Crippen LogP) is 1.95. The Bertz CT molecular complexity index is 864. The van der Waals surface area contributed by atoms with Crippen LogP contribution in [0.2, 0.25) is 0 Å². The maximum absolute atomic E-state index is 12.1. The van der Waals surface area contributed by atoms with Crippen molar-refractivity contribution >= 4 is 15.7 Å². The van der Waals surface area contributed by atoms with Crippen LogP contribution < -0.4 is 10.6 Å². The number of amides is 1. The third-order valence-electron chi connectivity index (χ3n) is 4.51. The molecular formula is C20H24N2O3S. The molecule has 3 rings (SSSR count). The lowest BCUT2D eigenvalue weighted by Crippen LogP contribution is -2.31. The van der Waals surface area contributed by atoms with Gasteiger partial charge >= 0.3 is 0 Å². The van der Waals surface area contributed by atoms with Crippen LogP contribution in [0.1, 0.15) is 28.7 Å². The summed E-state index contributed by atoms with van der Waals surface area (Å²) in [6, 6.07) is 15.8. The Morgan fingerprint density at radius 2 is 1.77 bits per heavy atom. The molecule has 2 N–H and O–H groups in total. The fourth-order valence-corrected chi connectivity index (χ4v) is 4.35. The summed E-state index contributed by atoms with van der Waals surface area (Å²) in [5.41, 5.74) is 4.62. The van der Waals surface area contributed by atoms with Gasteiger partial charge in [0, 0.05) is 19.6 Å². The molecule has 0 spiro atoms. The van der Waals surface area contributed by atoms with E-state index in [2.05, 4.69) is 22.8 Å². The fourth-order valence-electron chi connectivity index (χ4n) is 3.12. The highest BCUT2D eigenvalue weighted by molar-refractivity contribution is 7.92. The molecule has 0 fully saturated rings. The van der Waals surface area contributed by atoms with Crippen LogP contribution in [-0.4, -0.2) is 25.8 Å². The molecule has 0 saturated heterocycles. The van der Waals surface area contributed by atoms with Crippen molar-refractivity contribution in [3.63, 3.8) is 0 Å². The van der Waals surface area contributed by atoms with Crippen LogP contribution in [0.3, 0.4) is 0 Å². The van der Waals surface area contributed by atoms with Gasteiger partial charge in [-0.05, 0) is 35.1 Å². The van der Waals surface area contributed by atoms with Crippen LogP contribution in [0.25, 0.3) is 0 Å². The lowest BCUT2D eigenvalue weighted by molar-refractivity contribution is -0.118. The Morgan fingerprint density at radius 3 is 2.58 bits per heavy atom. The molecule has 5 nitrogen and oxygen atoms in total. The van der Waals surface area contributed by atoms with Gasteiger partial charge in [0.25, 0.3) is 0 Å². The summed E-state index contributed by atoms with van der Waals surface area (Å²) in [4.78, 5) is 12.0. The first-order chi connectivity index (χ1) is 12.5. The number of sulfone groups is 1. The first kappa shape index (κ1) is 18.6. The number of carbonyl (C=O) groups is 1. The van der Waals surface area contributed by atoms with E-state index in [4.69, 9.17) is 0 Å². The number of carbonyl (C=O) groups excluding carboxylic acids is 1. The first-order valence-corrected chi connectivity index (χ1v) is 10.7. The lowest BCUT2D eigenvalue weighted by Gasteiger charge is -2.08. The van der Waals surface area contributed by atoms with Crippen LogP contribution in [-0.2, 0) is 40.7 Å². The van der Waals surface area contributed by atoms with E-state index in [0.717, 1.165) is 24.2 Å². The largest absolute Gasteiger partial charge is 0.351 e. The van der Waals surface area contributed by atoms with Crippen molar-refractivity contribution < 1.29 is 13.2 Å². The highest BCUT2D eigenvalue weighted by Gasteiger charge is 2.17. The highest BCUT2D eigenvalue weighted by Crippen LogP contribution is 2.16. The van der Waals surface area contributed by atoms with Gasteiger partial charge in [-0.15, -0.1) is 0 Å². The summed E-state index contributed by atoms with van der Waals surface area (Å²) in [5, 5.41) is 5.99. The number of hydrogen-bond acceptors (Lipinski definition) is 4. The SMILES string of the molecule is O=C(CS(=O)(=O)CCCc1ccccc1)NCc1ccc2c(c1)CNC2. The molecular weight excluding hydrogens is 348 g/mol. The normalized spacial score (nSPS) is 13.4. The second-order valence-corrected chi connectivity index (χ2v) is 8.85. The van der Waals surface area contributed by atoms with Gasteiger partial charge in [-0.1, -0.05) is 48.5 Å². The second-order valence-electron chi connectivity index (χ2n) is 6.66. The minimum absolute atomic E-state index is 0.0276.